The molecule has 1 N–H and O–H groups in total. The van der Waals surface area contributed by atoms with Crippen molar-refractivity contribution in [2.45, 2.75) is 19.9 Å². The lowest BCUT2D eigenvalue weighted by atomic mass is 9.99. The fourth-order valence-corrected chi connectivity index (χ4v) is 3.87. The number of aliphatic hydroxyl groups is 1. The van der Waals surface area contributed by atoms with Gasteiger partial charge >= 0.3 is 0 Å². The number of amides is 1. The first-order valence-corrected chi connectivity index (χ1v) is 10.4. The number of anilines is 1. The van der Waals surface area contributed by atoms with Crippen molar-refractivity contribution in [2.24, 2.45) is 0 Å². The average Bonchev–Trinajstić information content (AvgIpc) is 3.31. The molecule has 6 nitrogen and oxygen atoms in total. The molecule has 2 heterocycles. The summed E-state index contributed by atoms with van der Waals surface area (Å²) in [5, 5.41) is 11.4. The van der Waals surface area contributed by atoms with Gasteiger partial charge in [0.1, 0.15) is 40.7 Å². The molecule has 3 aromatic rings. The van der Waals surface area contributed by atoms with Crippen LogP contribution in [0.5, 0.6) is 5.75 Å². The van der Waals surface area contributed by atoms with E-state index < -0.39 is 35.1 Å². The van der Waals surface area contributed by atoms with Crippen molar-refractivity contribution in [1.29, 1.82) is 0 Å². The third-order valence-corrected chi connectivity index (χ3v) is 5.46. The lowest BCUT2D eigenvalue weighted by molar-refractivity contribution is -0.132. The fourth-order valence-electron chi connectivity index (χ4n) is 3.70. The van der Waals surface area contributed by atoms with Gasteiger partial charge in [-0.3, -0.25) is 14.5 Å². The topological polar surface area (TPSA) is 80.0 Å². The second-order valence-corrected chi connectivity index (χ2v) is 7.70. The molecular formula is C24H18ClF2NO5. The predicted octanol–water partition coefficient (Wildman–Crippen LogP) is 5.54. The Hall–Kier alpha value is -3.65. The van der Waals surface area contributed by atoms with Gasteiger partial charge < -0.3 is 14.3 Å². The van der Waals surface area contributed by atoms with Crippen LogP contribution in [0.2, 0.25) is 5.02 Å². The molecular weight excluding hydrogens is 456 g/mol. The molecule has 1 amide bonds. The molecule has 1 fully saturated rings. The Morgan fingerprint density at radius 1 is 1.15 bits per heavy atom. The molecule has 0 saturated carbocycles. The first-order chi connectivity index (χ1) is 15.7. The van der Waals surface area contributed by atoms with E-state index in [9.17, 15) is 23.5 Å². The highest BCUT2D eigenvalue weighted by molar-refractivity contribution is 6.51. The van der Waals surface area contributed by atoms with Crippen LogP contribution >= 0.6 is 11.6 Å². The minimum absolute atomic E-state index is 0.121. The van der Waals surface area contributed by atoms with Crippen LogP contribution in [0, 0.1) is 18.6 Å². The number of carbonyl (C=O) groups is 2. The summed E-state index contributed by atoms with van der Waals surface area (Å²) in [7, 11) is 0. The number of rotatable bonds is 5. The number of ketones is 1. The molecule has 0 bridgehead atoms. The molecule has 1 aliphatic heterocycles. The molecule has 1 aromatic heterocycles. The van der Waals surface area contributed by atoms with Gasteiger partial charge in [-0.2, -0.15) is 0 Å². The van der Waals surface area contributed by atoms with E-state index in [1.165, 1.54) is 24.3 Å². The molecule has 170 valence electrons. The SMILES string of the molecule is CCOc1cc(/C(O)=C2/C(=O)C(=O)N(c3ccc(F)cc3F)C2c2ccc(C)o2)ccc1Cl. The van der Waals surface area contributed by atoms with E-state index in [0.717, 1.165) is 17.0 Å². The number of ether oxygens (including phenoxy) is 1. The van der Waals surface area contributed by atoms with E-state index in [1.807, 2.05) is 0 Å². The number of aliphatic hydroxyl groups excluding tert-OH is 1. The normalized spacial score (nSPS) is 17.6. The number of hydrogen-bond acceptors (Lipinski definition) is 5. The molecule has 9 heteroatoms. The largest absolute Gasteiger partial charge is 0.507 e. The van der Waals surface area contributed by atoms with Crippen molar-refractivity contribution in [3.8, 4) is 5.75 Å². The van der Waals surface area contributed by atoms with Crippen LogP contribution in [0.1, 0.15) is 30.0 Å². The Morgan fingerprint density at radius 2 is 1.91 bits per heavy atom. The highest BCUT2D eigenvalue weighted by Gasteiger charge is 2.49. The Morgan fingerprint density at radius 3 is 2.55 bits per heavy atom. The van der Waals surface area contributed by atoms with Gasteiger partial charge in [-0.15, -0.1) is 0 Å². The predicted molar refractivity (Wildman–Crippen MR) is 117 cm³/mol. The van der Waals surface area contributed by atoms with E-state index >= 15 is 0 Å². The lowest BCUT2D eigenvalue weighted by Gasteiger charge is -2.23. The van der Waals surface area contributed by atoms with Gasteiger partial charge in [0, 0.05) is 11.6 Å². The summed E-state index contributed by atoms with van der Waals surface area (Å²) in [6, 6.07) is 8.81. The highest BCUT2D eigenvalue weighted by Crippen LogP contribution is 2.44. The monoisotopic (exact) mass is 473 g/mol. The van der Waals surface area contributed by atoms with Gasteiger partial charge in [-0.25, -0.2) is 8.78 Å². The van der Waals surface area contributed by atoms with Gasteiger partial charge in [0.15, 0.2) is 0 Å². The van der Waals surface area contributed by atoms with Gasteiger partial charge in [0.05, 0.1) is 22.9 Å². The van der Waals surface area contributed by atoms with E-state index in [1.54, 1.807) is 19.9 Å². The Labute approximate surface area is 192 Å². The first-order valence-electron chi connectivity index (χ1n) is 9.98. The van der Waals surface area contributed by atoms with Crippen molar-refractivity contribution >= 4 is 34.7 Å². The van der Waals surface area contributed by atoms with Crippen LogP contribution in [0.3, 0.4) is 0 Å². The van der Waals surface area contributed by atoms with Crippen LogP contribution in [0.15, 0.2) is 58.5 Å². The van der Waals surface area contributed by atoms with Gasteiger partial charge in [0.25, 0.3) is 11.7 Å². The zero-order chi connectivity index (χ0) is 23.9. The van der Waals surface area contributed by atoms with Crippen LogP contribution in [-0.4, -0.2) is 23.4 Å². The third-order valence-electron chi connectivity index (χ3n) is 5.15. The van der Waals surface area contributed by atoms with Crippen molar-refractivity contribution in [3.63, 3.8) is 0 Å². The molecule has 1 saturated heterocycles. The number of nitrogens with zero attached hydrogens (tertiary/aromatic N) is 1. The molecule has 1 atom stereocenters. The number of hydrogen-bond donors (Lipinski definition) is 1. The molecule has 4 rings (SSSR count). The molecule has 0 spiro atoms. The van der Waals surface area contributed by atoms with E-state index in [0.29, 0.717) is 23.5 Å². The third kappa shape index (κ3) is 3.98. The van der Waals surface area contributed by atoms with Crippen molar-refractivity contribution < 1.29 is 32.6 Å². The number of halogens is 3. The molecule has 1 unspecified atom stereocenters. The minimum Gasteiger partial charge on any atom is -0.507 e. The van der Waals surface area contributed by atoms with Crippen LogP contribution in [-0.2, 0) is 9.59 Å². The summed E-state index contributed by atoms with van der Waals surface area (Å²) in [5.74, 6) is -3.69. The molecule has 33 heavy (non-hydrogen) atoms. The van der Waals surface area contributed by atoms with Crippen molar-refractivity contribution in [3.05, 3.63) is 87.8 Å². The Bertz CT molecular complexity index is 1300. The Balaban J connectivity index is 1.94. The average molecular weight is 474 g/mol. The summed E-state index contributed by atoms with van der Waals surface area (Å²) in [6.45, 7) is 3.72. The summed E-state index contributed by atoms with van der Waals surface area (Å²) in [6.07, 6.45) is 0. The molecule has 0 radical (unpaired) electrons. The smallest absolute Gasteiger partial charge is 0.300 e. The van der Waals surface area contributed by atoms with E-state index in [-0.39, 0.29) is 28.3 Å². The van der Waals surface area contributed by atoms with E-state index in [4.69, 9.17) is 20.8 Å². The maximum Gasteiger partial charge on any atom is 0.300 e. The van der Waals surface area contributed by atoms with E-state index in [2.05, 4.69) is 0 Å². The van der Waals surface area contributed by atoms with Gasteiger partial charge in [-0.1, -0.05) is 11.6 Å². The zero-order valence-electron chi connectivity index (χ0n) is 17.6. The second-order valence-electron chi connectivity index (χ2n) is 7.29. The van der Waals surface area contributed by atoms with Crippen LogP contribution in [0.4, 0.5) is 14.5 Å². The molecule has 0 aliphatic carbocycles. The van der Waals surface area contributed by atoms with Crippen molar-refractivity contribution in [1.82, 2.24) is 0 Å². The minimum atomic E-state index is -1.29. The van der Waals surface area contributed by atoms with Crippen LogP contribution in [0.25, 0.3) is 5.76 Å². The van der Waals surface area contributed by atoms with Crippen LogP contribution < -0.4 is 9.64 Å². The zero-order valence-corrected chi connectivity index (χ0v) is 18.3. The number of Topliss-reactive ketones (excluding diaryl/α,β-unsaturated/α-hetero) is 1. The second kappa shape index (κ2) is 8.71. The molecule has 1 aliphatic rings. The lowest BCUT2D eigenvalue weighted by Crippen LogP contribution is -2.30. The van der Waals surface area contributed by atoms with Crippen molar-refractivity contribution in [2.75, 3.05) is 11.5 Å². The quantitative estimate of drug-likeness (QED) is 0.299. The maximum absolute atomic E-state index is 14.6. The summed E-state index contributed by atoms with van der Waals surface area (Å²) in [4.78, 5) is 26.9. The fraction of sp³-hybridized carbons (Fsp3) is 0.167. The van der Waals surface area contributed by atoms with Gasteiger partial charge in [-0.05, 0) is 56.3 Å². The molecule has 2 aromatic carbocycles. The summed E-state index contributed by atoms with van der Waals surface area (Å²) in [5.41, 5.74) is -0.487. The summed E-state index contributed by atoms with van der Waals surface area (Å²) >= 11 is 6.11. The number of carbonyl (C=O) groups excluding carboxylic acids is 2. The number of furan rings is 1. The Kier molecular flexibility index (Phi) is 5.95. The number of benzene rings is 2. The maximum atomic E-state index is 14.6. The summed E-state index contributed by atoms with van der Waals surface area (Å²) < 4.78 is 39.2. The number of aryl methyl sites for hydroxylation is 1. The van der Waals surface area contributed by atoms with Gasteiger partial charge in [0.2, 0.25) is 0 Å². The first kappa shape index (κ1) is 22.5. The highest BCUT2D eigenvalue weighted by atomic mass is 35.5. The standard InChI is InChI=1S/C24H18ClF2NO5/c1-3-32-19-10-13(5-7-15(19)25)22(29)20-21(18-9-4-12(2)33-18)28(24(31)23(20)30)17-8-6-14(26)11-16(17)27/h4-11,21,29H,3H2,1-2H3/b22-20-.